The number of anilines is 1. The van der Waals surface area contributed by atoms with Gasteiger partial charge < -0.3 is 20.7 Å². The topological polar surface area (TPSA) is 58.2 Å². The Morgan fingerprint density at radius 1 is 1.00 bits per heavy atom. The number of hydrogen-bond donors (Lipinski definition) is 3. The van der Waals surface area contributed by atoms with E-state index in [1.54, 1.807) is 0 Å². The molecule has 25 heavy (non-hydrogen) atoms. The zero-order chi connectivity index (χ0) is 19.1. The van der Waals surface area contributed by atoms with E-state index < -0.39 is 30.6 Å². The minimum atomic E-state index is -4.44. The summed E-state index contributed by atoms with van der Waals surface area (Å²) in [5.74, 6) is 0.134. The van der Waals surface area contributed by atoms with Crippen LogP contribution in [0.3, 0.4) is 0 Å². The minimum absolute atomic E-state index is 0.134. The molecule has 140 valence electrons. The maximum absolute atomic E-state index is 12.1. The summed E-state index contributed by atoms with van der Waals surface area (Å²) in [6.07, 6.45) is -8.86. The molecule has 1 aromatic rings. The molecule has 1 rings (SSSR count). The van der Waals surface area contributed by atoms with Crippen molar-refractivity contribution < 1.29 is 31.1 Å². The van der Waals surface area contributed by atoms with Crippen LogP contribution in [-0.2, 0) is 11.3 Å². The second kappa shape index (κ2) is 8.99. The molecule has 0 bridgehead atoms. The van der Waals surface area contributed by atoms with Crippen LogP contribution in [0, 0.1) is 0 Å². The summed E-state index contributed by atoms with van der Waals surface area (Å²) >= 11 is 9.27. The molecule has 0 atom stereocenters. The summed E-state index contributed by atoms with van der Waals surface area (Å²) in [5.41, 5.74) is 0.278. The maximum atomic E-state index is 12.1. The van der Waals surface area contributed by atoms with Crippen molar-refractivity contribution in [2.45, 2.75) is 19.0 Å². The van der Waals surface area contributed by atoms with Gasteiger partial charge in [-0.25, -0.2) is 4.98 Å². The van der Waals surface area contributed by atoms with Crippen LogP contribution in [0.4, 0.5) is 32.2 Å². The monoisotopic (exact) mass is 406 g/mol. The molecule has 13 heteroatoms. The van der Waals surface area contributed by atoms with Crippen molar-refractivity contribution in [3.63, 3.8) is 0 Å². The number of nitrogens with one attached hydrogen (secondary N) is 3. The molecule has 0 aliphatic rings. The van der Waals surface area contributed by atoms with E-state index in [9.17, 15) is 26.3 Å². The van der Waals surface area contributed by atoms with E-state index in [2.05, 4.69) is 22.5 Å². The van der Waals surface area contributed by atoms with Crippen molar-refractivity contribution >= 4 is 40.5 Å². The molecule has 0 unspecified atom stereocenters. The third kappa shape index (κ3) is 10.6. The third-order valence-corrected chi connectivity index (χ3v) is 2.79. The standard InChI is InChI=1S/C12H12F6N4OS2/c13-11(14,15)5-19-9(24)22-8-3-1-2-7(21-8)4-23-10(25)20-6-12(16,17)18/h1-3H,4-6H2,(H,20,25)(H2,19,21,22,24). The van der Waals surface area contributed by atoms with Crippen LogP contribution >= 0.6 is 24.4 Å². The average molecular weight is 406 g/mol. The highest BCUT2D eigenvalue weighted by molar-refractivity contribution is 7.80. The van der Waals surface area contributed by atoms with E-state index in [4.69, 9.17) is 17.0 Å². The Morgan fingerprint density at radius 2 is 1.60 bits per heavy atom. The molecule has 0 amide bonds. The Balaban J connectivity index is 2.47. The first kappa shape index (κ1) is 21.2. The Labute approximate surface area is 149 Å². The molecule has 0 aliphatic carbocycles. The Hall–Kier alpha value is -1.89. The van der Waals surface area contributed by atoms with Gasteiger partial charge in [0.05, 0.1) is 5.69 Å². The molecule has 0 saturated carbocycles. The van der Waals surface area contributed by atoms with Crippen LogP contribution < -0.4 is 16.0 Å². The number of alkyl halides is 6. The van der Waals surface area contributed by atoms with E-state index in [0.717, 1.165) is 0 Å². The van der Waals surface area contributed by atoms with Crippen LogP contribution in [-0.4, -0.2) is 40.7 Å². The summed E-state index contributed by atoms with van der Waals surface area (Å²) in [6.45, 7) is -2.87. The molecule has 5 nitrogen and oxygen atoms in total. The van der Waals surface area contributed by atoms with Crippen LogP contribution in [0.5, 0.6) is 0 Å². The van der Waals surface area contributed by atoms with Crippen LogP contribution in [0.15, 0.2) is 18.2 Å². The van der Waals surface area contributed by atoms with Crippen molar-refractivity contribution in [3.8, 4) is 0 Å². The summed E-state index contributed by atoms with van der Waals surface area (Å²) in [4.78, 5) is 3.98. The van der Waals surface area contributed by atoms with Crippen LogP contribution in [0.1, 0.15) is 5.69 Å². The van der Waals surface area contributed by atoms with E-state index >= 15 is 0 Å². The van der Waals surface area contributed by atoms with Crippen molar-refractivity contribution in [2.75, 3.05) is 18.4 Å². The molecule has 0 aromatic carbocycles. The zero-order valence-corrected chi connectivity index (χ0v) is 13.9. The van der Waals surface area contributed by atoms with Gasteiger partial charge >= 0.3 is 12.4 Å². The second-order valence-electron chi connectivity index (χ2n) is 4.48. The summed E-state index contributed by atoms with van der Waals surface area (Å²) in [6, 6.07) is 4.43. The van der Waals surface area contributed by atoms with Gasteiger partial charge in [0.15, 0.2) is 5.11 Å². The lowest BCUT2D eigenvalue weighted by Crippen LogP contribution is -2.36. The maximum Gasteiger partial charge on any atom is 0.405 e. The molecule has 3 N–H and O–H groups in total. The predicted octanol–water partition coefficient (Wildman–Crippen LogP) is 2.88. The lowest BCUT2D eigenvalue weighted by Gasteiger charge is -2.13. The SMILES string of the molecule is FC(F)(F)CNC(=S)Nc1cccc(COC(=S)NCC(F)(F)F)n1. The summed E-state index contributed by atoms with van der Waals surface area (Å²) in [7, 11) is 0. The lowest BCUT2D eigenvalue weighted by atomic mass is 10.3. The van der Waals surface area contributed by atoms with Crippen LogP contribution in [0.25, 0.3) is 0 Å². The highest BCUT2D eigenvalue weighted by Crippen LogP contribution is 2.13. The number of rotatable bonds is 5. The number of halogens is 6. The highest BCUT2D eigenvalue weighted by Gasteiger charge is 2.27. The molecular weight excluding hydrogens is 394 g/mol. The fourth-order valence-corrected chi connectivity index (χ4v) is 1.64. The normalized spacial score (nSPS) is 11.6. The van der Waals surface area contributed by atoms with Crippen LogP contribution in [0.2, 0.25) is 0 Å². The fourth-order valence-electron chi connectivity index (χ4n) is 1.33. The smallest absolute Gasteiger partial charge is 0.405 e. The second-order valence-corrected chi connectivity index (χ2v) is 5.26. The summed E-state index contributed by atoms with van der Waals surface area (Å²) in [5, 5.41) is 5.53. The van der Waals surface area contributed by atoms with Crippen molar-refractivity contribution in [1.82, 2.24) is 15.6 Å². The molecule has 0 spiro atoms. The first-order valence-corrected chi connectivity index (χ1v) is 7.31. The van der Waals surface area contributed by atoms with Gasteiger partial charge in [-0.05, 0) is 36.6 Å². The number of hydrogen-bond acceptors (Lipinski definition) is 4. The van der Waals surface area contributed by atoms with Gasteiger partial charge in [0.2, 0.25) is 0 Å². The largest absolute Gasteiger partial charge is 0.465 e. The van der Waals surface area contributed by atoms with Gasteiger partial charge in [0, 0.05) is 0 Å². The minimum Gasteiger partial charge on any atom is -0.465 e. The Kier molecular flexibility index (Phi) is 7.60. The van der Waals surface area contributed by atoms with Crippen molar-refractivity contribution in [2.24, 2.45) is 0 Å². The molecular formula is C12H12F6N4OS2. The van der Waals surface area contributed by atoms with Gasteiger partial charge in [-0.1, -0.05) is 6.07 Å². The summed E-state index contributed by atoms with van der Waals surface area (Å²) < 4.78 is 77.1. The molecule has 0 aliphatic heterocycles. The number of thiocarbonyl (C=S) groups is 2. The number of nitrogens with zero attached hydrogens (tertiary/aromatic N) is 1. The number of pyridine rings is 1. The quantitative estimate of drug-likeness (QED) is 0.514. The van der Waals surface area contributed by atoms with Gasteiger partial charge in [-0.15, -0.1) is 0 Å². The molecule has 0 radical (unpaired) electrons. The molecule has 1 heterocycles. The number of aromatic nitrogens is 1. The van der Waals surface area contributed by atoms with Gasteiger partial charge in [0.25, 0.3) is 5.17 Å². The molecule has 0 saturated heterocycles. The van der Waals surface area contributed by atoms with E-state index in [0.29, 0.717) is 0 Å². The van der Waals surface area contributed by atoms with E-state index in [1.165, 1.54) is 18.2 Å². The van der Waals surface area contributed by atoms with E-state index in [-0.39, 0.29) is 23.2 Å². The first-order valence-electron chi connectivity index (χ1n) is 6.49. The van der Waals surface area contributed by atoms with Crippen molar-refractivity contribution in [1.29, 1.82) is 0 Å². The van der Waals surface area contributed by atoms with Gasteiger partial charge in [-0.3, -0.25) is 0 Å². The first-order chi connectivity index (χ1) is 11.4. The van der Waals surface area contributed by atoms with E-state index in [1.807, 2.05) is 10.6 Å². The lowest BCUT2D eigenvalue weighted by molar-refractivity contribution is -0.123. The van der Waals surface area contributed by atoms with Crippen molar-refractivity contribution in [3.05, 3.63) is 23.9 Å². The predicted molar refractivity (Wildman–Crippen MR) is 86.0 cm³/mol. The fraction of sp³-hybridized carbons (Fsp3) is 0.417. The Bertz CT molecular complexity index is 608. The molecule has 1 aromatic heterocycles. The van der Waals surface area contributed by atoms with Gasteiger partial charge in [-0.2, -0.15) is 26.3 Å². The average Bonchev–Trinajstić information content (AvgIpc) is 2.48. The Morgan fingerprint density at radius 3 is 2.20 bits per heavy atom. The molecule has 0 fully saturated rings. The number of ether oxygens (including phenoxy) is 1. The van der Waals surface area contributed by atoms with Gasteiger partial charge in [0.1, 0.15) is 25.5 Å². The zero-order valence-electron chi connectivity index (χ0n) is 12.3. The third-order valence-electron chi connectivity index (χ3n) is 2.28. The highest BCUT2D eigenvalue weighted by atomic mass is 32.1.